The van der Waals surface area contributed by atoms with Crippen LogP contribution < -0.4 is 9.64 Å². The molecule has 0 unspecified atom stereocenters. The molecule has 0 N–H and O–H groups in total. The van der Waals surface area contributed by atoms with Gasteiger partial charge in [-0.3, -0.25) is 0 Å². The number of rotatable bonds is 6. The zero-order valence-electron chi connectivity index (χ0n) is 49.1. The van der Waals surface area contributed by atoms with Gasteiger partial charge in [0.15, 0.2) is 0 Å². The number of aromatic nitrogens is 3. The van der Waals surface area contributed by atoms with Crippen LogP contribution >= 0.6 is 0 Å². The molecule has 12 aromatic rings. The number of para-hydroxylation sites is 3. The zero-order valence-corrected chi connectivity index (χ0v) is 51.3. The smallest absolute Gasteiger partial charge is 0.135 e. The molecule has 82 heavy (non-hydrogen) atoms. The van der Waals surface area contributed by atoms with E-state index in [-0.39, 0.29) is 42.7 Å². The molecule has 1 aliphatic heterocycles. The summed E-state index contributed by atoms with van der Waals surface area (Å²) in [7, 11) is 0. The number of benzene rings is 9. The van der Waals surface area contributed by atoms with Crippen molar-refractivity contribution >= 4 is 76.5 Å². The maximum absolute atomic E-state index is 6.85. The molecule has 0 amide bonds. The number of nitrogens with zero attached hydrogens (tertiary/aromatic N) is 4. The van der Waals surface area contributed by atoms with Gasteiger partial charge in [-0.2, -0.15) is 12.1 Å². The van der Waals surface area contributed by atoms with Crippen molar-refractivity contribution in [3.8, 4) is 39.6 Å². The molecule has 9 aromatic carbocycles. The van der Waals surface area contributed by atoms with Crippen molar-refractivity contribution in [1.82, 2.24) is 14.1 Å². The molecule has 0 saturated heterocycles. The first kappa shape index (κ1) is 54.5. The predicted molar refractivity (Wildman–Crippen MR) is 342 cm³/mol. The molecule has 0 fully saturated rings. The van der Waals surface area contributed by atoms with Crippen LogP contribution in [0, 0.1) is 18.8 Å². The number of hydrogen-bond acceptors (Lipinski definition) is 3. The minimum atomic E-state index is -0.119. The fourth-order valence-electron chi connectivity index (χ4n) is 11.9. The Morgan fingerprint density at radius 1 is 0.415 bits per heavy atom. The average molecular weight is 1250 g/mol. The SMILES string of the molecule is CC(C)(C)c1ccc(-c2cc(-c3cccc4c5ccccc5c5cc(C(C)(C)C)ccc5c5cccc6c5n(c34)[CH-]N6c3[c-]c(Oc4[c-]c5c(cc4)c4ccccc4n5-c4cc(C(C)(C)C)ccn4)ccc3)cc(C(C)(C)C)c2)cc1.[Pt]. The van der Waals surface area contributed by atoms with E-state index in [1.54, 1.807) is 0 Å². The second-order valence-corrected chi connectivity index (χ2v) is 26.3. The first-order chi connectivity index (χ1) is 38.7. The van der Waals surface area contributed by atoms with Gasteiger partial charge in [-0.1, -0.05) is 222 Å². The Hall–Kier alpha value is -8.11. The summed E-state index contributed by atoms with van der Waals surface area (Å²) in [5.74, 6) is 2.02. The van der Waals surface area contributed by atoms with Crippen LogP contribution in [0.5, 0.6) is 11.5 Å². The number of hydrogen-bond donors (Lipinski definition) is 0. The Kier molecular flexibility index (Phi) is 13.4. The van der Waals surface area contributed by atoms with E-state index in [2.05, 4.69) is 292 Å². The summed E-state index contributed by atoms with van der Waals surface area (Å²) in [4.78, 5) is 7.21. The van der Waals surface area contributed by atoms with E-state index in [9.17, 15) is 0 Å². The van der Waals surface area contributed by atoms with Crippen LogP contribution in [0.25, 0.3) is 93.2 Å². The molecule has 3 aromatic heterocycles. The van der Waals surface area contributed by atoms with Gasteiger partial charge in [-0.05, 0) is 152 Å². The van der Waals surface area contributed by atoms with Gasteiger partial charge >= 0.3 is 0 Å². The Morgan fingerprint density at radius 3 is 1.71 bits per heavy atom. The minimum Gasteiger partial charge on any atom is -0.509 e. The predicted octanol–water partition coefficient (Wildman–Crippen LogP) is 20.8. The molecular formula is C76H69N4OPt-3. The van der Waals surface area contributed by atoms with E-state index >= 15 is 0 Å². The quantitative estimate of drug-likeness (QED) is 0.156. The first-order valence-electron chi connectivity index (χ1n) is 28.5. The molecule has 412 valence electrons. The molecule has 6 heteroatoms. The summed E-state index contributed by atoms with van der Waals surface area (Å²) in [6.45, 7) is 29.7. The third-order valence-corrected chi connectivity index (χ3v) is 16.5. The van der Waals surface area contributed by atoms with Crippen molar-refractivity contribution < 1.29 is 25.8 Å². The van der Waals surface area contributed by atoms with E-state index in [4.69, 9.17) is 9.72 Å². The Bertz CT molecular complexity index is 4570. The summed E-state index contributed by atoms with van der Waals surface area (Å²) in [5.41, 5.74) is 15.7. The summed E-state index contributed by atoms with van der Waals surface area (Å²) < 4.78 is 11.5. The largest absolute Gasteiger partial charge is 0.509 e. The van der Waals surface area contributed by atoms with Gasteiger partial charge in [-0.15, -0.1) is 35.7 Å². The van der Waals surface area contributed by atoms with E-state index in [0.29, 0.717) is 11.5 Å². The van der Waals surface area contributed by atoms with Crippen molar-refractivity contribution in [3.05, 3.63) is 235 Å². The van der Waals surface area contributed by atoms with Crippen molar-refractivity contribution in [2.45, 2.75) is 105 Å². The molecule has 13 rings (SSSR count). The van der Waals surface area contributed by atoms with Gasteiger partial charge in [-0.25, -0.2) is 4.98 Å². The first-order valence-corrected chi connectivity index (χ1v) is 28.5. The zero-order chi connectivity index (χ0) is 56.3. The van der Waals surface area contributed by atoms with Gasteiger partial charge in [0.25, 0.3) is 0 Å². The third-order valence-electron chi connectivity index (χ3n) is 16.5. The van der Waals surface area contributed by atoms with Crippen LogP contribution in [0.15, 0.2) is 194 Å². The van der Waals surface area contributed by atoms with Crippen molar-refractivity contribution in [1.29, 1.82) is 0 Å². The summed E-state index contributed by atoms with van der Waals surface area (Å²) in [6.07, 6.45) is 1.91. The van der Waals surface area contributed by atoms with Gasteiger partial charge in [0.2, 0.25) is 0 Å². The second kappa shape index (κ2) is 20.1. The van der Waals surface area contributed by atoms with Gasteiger partial charge < -0.3 is 18.8 Å². The van der Waals surface area contributed by atoms with Crippen LogP contribution in [0.4, 0.5) is 11.4 Å². The van der Waals surface area contributed by atoms with Crippen molar-refractivity contribution in [2.24, 2.45) is 0 Å². The molecule has 0 bridgehead atoms. The van der Waals surface area contributed by atoms with Gasteiger partial charge in [0.1, 0.15) is 5.82 Å². The summed E-state index contributed by atoms with van der Waals surface area (Å²) in [5, 5.41) is 9.30. The average Bonchev–Trinajstić information content (AvgIpc) is 4.01. The molecule has 5 nitrogen and oxygen atoms in total. The Labute approximate surface area is 497 Å². The molecule has 0 spiro atoms. The van der Waals surface area contributed by atoms with Crippen molar-refractivity contribution in [3.63, 3.8) is 0 Å². The minimum absolute atomic E-state index is 0. The molecule has 0 saturated carbocycles. The van der Waals surface area contributed by atoms with Crippen LogP contribution in [-0.4, -0.2) is 14.1 Å². The van der Waals surface area contributed by atoms with Crippen LogP contribution in [0.3, 0.4) is 0 Å². The molecule has 0 atom stereocenters. The van der Waals surface area contributed by atoms with Gasteiger partial charge in [0, 0.05) is 50.0 Å². The monoisotopic (exact) mass is 1250 g/mol. The normalized spacial score (nSPS) is 12.9. The number of ether oxygens (including phenoxy) is 1. The standard InChI is InChI=1S/C76H69N4O.Pt/c1-73(2,3)51-32-30-48(31-33-51)49-40-50(42-54(41-49)76(10,11)12)58-25-18-26-64-59-22-13-14-23-60(59)66-43-52(74(4,5)6)34-36-61(66)65-27-19-29-68-72(65)79(71(58)64)47-78(68)55-20-17-21-56(45-55)81-57-35-37-63-62-24-15-16-28-67(62)80(69(63)46-57)70-44-53(38-39-77-70)75(7,8)9;/h13-44,47H,1-12H3;/q-3;. The number of pyridine rings is 1. The Morgan fingerprint density at radius 2 is 0.988 bits per heavy atom. The molecule has 0 radical (unpaired) electrons. The maximum Gasteiger partial charge on any atom is 0.135 e. The molecule has 1 aliphatic rings. The van der Waals surface area contributed by atoms with Crippen LogP contribution in [0.2, 0.25) is 0 Å². The summed E-state index contributed by atoms with van der Waals surface area (Å²) in [6, 6.07) is 76.8. The third kappa shape index (κ3) is 9.61. The number of anilines is 2. The van der Waals surface area contributed by atoms with Crippen molar-refractivity contribution in [2.75, 3.05) is 4.90 Å². The fraction of sp³-hybridized carbons (Fsp3) is 0.211. The van der Waals surface area contributed by atoms with Crippen LogP contribution in [-0.2, 0) is 42.7 Å². The van der Waals surface area contributed by atoms with E-state index < -0.39 is 0 Å². The maximum atomic E-state index is 6.85. The summed E-state index contributed by atoms with van der Waals surface area (Å²) >= 11 is 0. The molecule has 0 aliphatic carbocycles. The Balaban J connectivity index is 0.00000665. The molecular weight excluding hydrogens is 1180 g/mol. The fourth-order valence-corrected chi connectivity index (χ4v) is 11.9. The van der Waals surface area contributed by atoms with Crippen LogP contribution in [0.1, 0.15) is 105 Å². The van der Waals surface area contributed by atoms with Gasteiger partial charge in [0.05, 0.1) is 0 Å². The van der Waals surface area contributed by atoms with E-state index in [1.165, 1.54) is 54.9 Å². The van der Waals surface area contributed by atoms with E-state index in [0.717, 1.165) is 71.9 Å². The molecule has 4 heterocycles. The number of fused-ring (bicyclic) bond motifs is 10. The second-order valence-electron chi connectivity index (χ2n) is 26.3. The van der Waals surface area contributed by atoms with E-state index in [1.807, 2.05) is 18.3 Å². The topological polar surface area (TPSA) is 35.2 Å².